The molecular formula is C14H19NO2S. The monoisotopic (exact) mass is 265 g/mol. The number of nitrogens with one attached hydrogen (secondary N) is 1. The van der Waals surface area contributed by atoms with E-state index in [4.69, 9.17) is 15.9 Å². The van der Waals surface area contributed by atoms with Gasteiger partial charge in [0.1, 0.15) is 0 Å². The molecule has 1 unspecified atom stereocenters. The average Bonchev–Trinajstić information content (AvgIpc) is 2.43. The van der Waals surface area contributed by atoms with Crippen LogP contribution in [0.1, 0.15) is 12.5 Å². The largest absolute Gasteiger partial charge is 0.493 e. The van der Waals surface area contributed by atoms with Crippen molar-refractivity contribution in [1.29, 1.82) is 0 Å². The van der Waals surface area contributed by atoms with Gasteiger partial charge in [0.2, 0.25) is 0 Å². The predicted molar refractivity (Wildman–Crippen MR) is 76.5 cm³/mol. The average molecular weight is 265 g/mol. The first-order chi connectivity index (χ1) is 8.65. The molecule has 0 spiro atoms. The van der Waals surface area contributed by atoms with Gasteiger partial charge in [-0.05, 0) is 30.9 Å². The van der Waals surface area contributed by atoms with E-state index in [9.17, 15) is 0 Å². The molecule has 0 saturated carbocycles. The molecule has 98 valence electrons. The molecule has 0 fully saturated rings. The molecule has 0 saturated heterocycles. The van der Waals surface area contributed by atoms with Crippen molar-refractivity contribution in [3.8, 4) is 23.8 Å². The number of methoxy groups -OCH3 is 2. The second-order valence-corrected chi connectivity index (χ2v) is 4.64. The van der Waals surface area contributed by atoms with E-state index in [2.05, 4.69) is 11.2 Å². The molecule has 0 heterocycles. The van der Waals surface area contributed by atoms with E-state index in [1.54, 1.807) is 26.0 Å². The number of ether oxygens (including phenoxy) is 2. The van der Waals surface area contributed by atoms with Crippen molar-refractivity contribution in [2.24, 2.45) is 0 Å². The van der Waals surface area contributed by atoms with Crippen molar-refractivity contribution >= 4 is 11.8 Å². The second kappa shape index (κ2) is 7.20. The van der Waals surface area contributed by atoms with E-state index in [0.29, 0.717) is 6.54 Å². The lowest BCUT2D eigenvalue weighted by molar-refractivity contribution is 0.353. The normalized spacial score (nSPS) is 11.7. The van der Waals surface area contributed by atoms with Crippen molar-refractivity contribution in [3.05, 3.63) is 17.7 Å². The molecule has 0 bridgehead atoms. The topological polar surface area (TPSA) is 30.5 Å². The van der Waals surface area contributed by atoms with Crippen molar-refractivity contribution in [2.75, 3.05) is 20.5 Å². The Hall–Kier alpha value is -1.31. The maximum atomic E-state index is 5.35. The first kappa shape index (κ1) is 14.7. The molecule has 0 radical (unpaired) electrons. The van der Waals surface area contributed by atoms with Crippen LogP contribution in [0.2, 0.25) is 0 Å². The predicted octanol–water partition coefficient (Wildman–Crippen LogP) is 2.54. The Labute approximate surface area is 113 Å². The Kier molecular flexibility index (Phi) is 5.90. The van der Waals surface area contributed by atoms with Gasteiger partial charge in [0.25, 0.3) is 0 Å². The Balaban J connectivity index is 2.99. The van der Waals surface area contributed by atoms with E-state index in [0.717, 1.165) is 22.0 Å². The molecule has 0 aliphatic carbocycles. The zero-order chi connectivity index (χ0) is 13.5. The highest BCUT2D eigenvalue weighted by molar-refractivity contribution is 7.98. The van der Waals surface area contributed by atoms with Crippen LogP contribution in [0.5, 0.6) is 11.5 Å². The lowest BCUT2D eigenvalue weighted by Crippen LogP contribution is -2.23. The fraction of sp³-hybridized carbons (Fsp3) is 0.429. The third-order valence-corrected chi connectivity index (χ3v) is 3.46. The van der Waals surface area contributed by atoms with Crippen LogP contribution in [0.3, 0.4) is 0 Å². The van der Waals surface area contributed by atoms with Crippen LogP contribution in [-0.2, 0) is 6.54 Å². The Morgan fingerprint density at radius 3 is 2.44 bits per heavy atom. The van der Waals surface area contributed by atoms with Crippen LogP contribution in [0.15, 0.2) is 17.0 Å². The molecule has 0 aromatic heterocycles. The molecule has 0 aliphatic heterocycles. The SMILES string of the molecule is C#CC(C)NCc1cc(OC)c(OC)cc1SC. The molecule has 1 rings (SSSR count). The van der Waals surface area contributed by atoms with Gasteiger partial charge in [-0.25, -0.2) is 0 Å². The summed E-state index contributed by atoms with van der Waals surface area (Å²) in [5.41, 5.74) is 1.15. The van der Waals surface area contributed by atoms with Crippen LogP contribution in [-0.4, -0.2) is 26.5 Å². The highest BCUT2D eigenvalue weighted by atomic mass is 32.2. The Bertz CT molecular complexity index is 440. The number of benzene rings is 1. The molecule has 4 heteroatoms. The van der Waals surface area contributed by atoms with Gasteiger partial charge in [-0.1, -0.05) is 5.92 Å². The zero-order valence-corrected chi connectivity index (χ0v) is 12.1. The molecule has 1 aromatic rings. The molecule has 0 aliphatic rings. The maximum Gasteiger partial charge on any atom is 0.161 e. The highest BCUT2D eigenvalue weighted by Gasteiger charge is 2.11. The van der Waals surface area contributed by atoms with Crippen molar-refractivity contribution in [2.45, 2.75) is 24.4 Å². The van der Waals surface area contributed by atoms with Gasteiger partial charge < -0.3 is 9.47 Å². The van der Waals surface area contributed by atoms with Crippen molar-refractivity contribution < 1.29 is 9.47 Å². The van der Waals surface area contributed by atoms with E-state index in [-0.39, 0.29) is 6.04 Å². The summed E-state index contributed by atoms with van der Waals surface area (Å²) in [5.74, 6) is 4.13. The highest BCUT2D eigenvalue weighted by Crippen LogP contribution is 2.34. The molecule has 1 aromatic carbocycles. The van der Waals surface area contributed by atoms with Crippen LogP contribution in [0.25, 0.3) is 0 Å². The lowest BCUT2D eigenvalue weighted by atomic mass is 10.2. The number of terminal acetylenes is 1. The minimum Gasteiger partial charge on any atom is -0.493 e. The van der Waals surface area contributed by atoms with Crippen molar-refractivity contribution in [1.82, 2.24) is 5.32 Å². The van der Waals surface area contributed by atoms with Gasteiger partial charge in [-0.3, -0.25) is 5.32 Å². The van der Waals surface area contributed by atoms with Gasteiger partial charge in [0.05, 0.1) is 20.3 Å². The minimum atomic E-state index is 0.0489. The zero-order valence-electron chi connectivity index (χ0n) is 11.2. The molecule has 0 amide bonds. The maximum absolute atomic E-state index is 5.35. The minimum absolute atomic E-state index is 0.0489. The third kappa shape index (κ3) is 3.59. The second-order valence-electron chi connectivity index (χ2n) is 3.79. The smallest absolute Gasteiger partial charge is 0.161 e. The van der Waals surface area contributed by atoms with Gasteiger partial charge in [0.15, 0.2) is 11.5 Å². The summed E-state index contributed by atoms with van der Waals surface area (Å²) < 4.78 is 10.6. The molecular weight excluding hydrogens is 246 g/mol. The number of hydrogen-bond donors (Lipinski definition) is 1. The Morgan fingerprint density at radius 1 is 1.33 bits per heavy atom. The van der Waals surface area contributed by atoms with E-state index < -0.39 is 0 Å². The molecule has 1 atom stereocenters. The van der Waals surface area contributed by atoms with Crippen LogP contribution in [0.4, 0.5) is 0 Å². The van der Waals surface area contributed by atoms with E-state index in [1.165, 1.54) is 0 Å². The number of rotatable bonds is 6. The van der Waals surface area contributed by atoms with E-state index in [1.807, 2.05) is 25.3 Å². The first-order valence-electron chi connectivity index (χ1n) is 5.64. The Morgan fingerprint density at radius 2 is 1.94 bits per heavy atom. The summed E-state index contributed by atoms with van der Waals surface area (Å²) >= 11 is 1.68. The van der Waals surface area contributed by atoms with Gasteiger partial charge >= 0.3 is 0 Å². The molecule has 3 nitrogen and oxygen atoms in total. The summed E-state index contributed by atoms with van der Waals surface area (Å²) in [6.45, 7) is 2.67. The number of hydrogen-bond acceptors (Lipinski definition) is 4. The van der Waals surface area contributed by atoms with E-state index >= 15 is 0 Å². The third-order valence-electron chi connectivity index (χ3n) is 2.64. The van der Waals surface area contributed by atoms with Crippen molar-refractivity contribution in [3.63, 3.8) is 0 Å². The lowest BCUT2D eigenvalue weighted by Gasteiger charge is -2.15. The van der Waals surface area contributed by atoms with Crippen LogP contribution >= 0.6 is 11.8 Å². The summed E-state index contributed by atoms with van der Waals surface area (Å²) in [6.07, 6.45) is 7.38. The molecule has 1 N–H and O–H groups in total. The van der Waals surface area contributed by atoms with Gasteiger partial charge in [0, 0.05) is 11.4 Å². The van der Waals surface area contributed by atoms with Crippen LogP contribution in [0, 0.1) is 12.3 Å². The first-order valence-corrected chi connectivity index (χ1v) is 6.87. The van der Waals surface area contributed by atoms with Gasteiger partial charge in [-0.2, -0.15) is 0 Å². The fourth-order valence-electron chi connectivity index (χ4n) is 1.55. The molecule has 18 heavy (non-hydrogen) atoms. The van der Waals surface area contributed by atoms with Crippen LogP contribution < -0.4 is 14.8 Å². The standard InChI is InChI=1S/C14H19NO2S/c1-6-10(2)15-9-11-7-12(16-3)13(17-4)8-14(11)18-5/h1,7-8,10,15H,9H2,2-5H3. The fourth-order valence-corrected chi connectivity index (χ4v) is 2.17. The quantitative estimate of drug-likeness (QED) is 0.632. The van der Waals surface area contributed by atoms with Gasteiger partial charge in [-0.15, -0.1) is 18.2 Å². The number of thioether (sulfide) groups is 1. The summed E-state index contributed by atoms with van der Waals surface area (Å²) in [4.78, 5) is 1.16. The summed E-state index contributed by atoms with van der Waals surface area (Å²) in [5, 5.41) is 3.27. The summed E-state index contributed by atoms with van der Waals surface area (Å²) in [6, 6.07) is 4.02. The summed E-state index contributed by atoms with van der Waals surface area (Å²) in [7, 11) is 3.28.